The lowest BCUT2D eigenvalue weighted by atomic mass is 10.2. The van der Waals surface area contributed by atoms with Gasteiger partial charge in [0.25, 0.3) is 0 Å². The number of carbonyl (C=O) groups is 1. The molecule has 0 radical (unpaired) electrons. The van der Waals surface area contributed by atoms with Gasteiger partial charge in [0, 0.05) is 11.2 Å². The maximum absolute atomic E-state index is 12.2. The van der Waals surface area contributed by atoms with Gasteiger partial charge in [-0.2, -0.15) is 10.2 Å². The van der Waals surface area contributed by atoms with Crippen LogP contribution in [-0.4, -0.2) is 25.5 Å². The molecule has 9 heteroatoms. The highest BCUT2D eigenvalue weighted by Gasteiger charge is 2.14. The topological polar surface area (TPSA) is 64.7 Å². The monoisotopic (exact) mass is 397 g/mol. The molecule has 6 nitrogen and oxygen atoms in total. The highest BCUT2D eigenvalue weighted by atomic mass is 35.5. The molecular weight excluding hydrogens is 385 g/mol. The number of benzene rings is 1. The Bertz CT molecular complexity index is 918. The van der Waals surface area contributed by atoms with Gasteiger partial charge in [-0.25, -0.2) is 0 Å². The van der Waals surface area contributed by atoms with Crippen LogP contribution in [0, 0.1) is 6.92 Å². The minimum atomic E-state index is -0.298. The lowest BCUT2D eigenvalue weighted by Crippen LogP contribution is -2.20. The van der Waals surface area contributed by atoms with Crippen LogP contribution in [0.3, 0.4) is 0 Å². The molecule has 130 valence electrons. The van der Waals surface area contributed by atoms with Crippen molar-refractivity contribution in [3.8, 4) is 0 Å². The van der Waals surface area contributed by atoms with Crippen LogP contribution in [0.15, 0.2) is 36.7 Å². The standard InChI is InChI=1S/C16H14Cl3N5O/c1-10-13(18)6-20-24(10)9-15(25)21-16-14(19)8-23(22-16)7-11-4-2-3-5-12(11)17/h2-6,8H,7,9H2,1H3,(H,21,22,25). The number of aromatic nitrogens is 4. The molecule has 25 heavy (non-hydrogen) atoms. The highest BCUT2D eigenvalue weighted by Crippen LogP contribution is 2.22. The molecule has 3 rings (SSSR count). The number of halogens is 3. The zero-order chi connectivity index (χ0) is 18.0. The number of hydrogen-bond donors (Lipinski definition) is 1. The van der Waals surface area contributed by atoms with Gasteiger partial charge in [0.2, 0.25) is 5.91 Å². The van der Waals surface area contributed by atoms with Gasteiger partial charge < -0.3 is 5.32 Å². The first-order valence-corrected chi connectivity index (χ1v) is 8.51. The normalized spacial score (nSPS) is 10.9. The van der Waals surface area contributed by atoms with E-state index in [0.717, 1.165) is 5.56 Å². The van der Waals surface area contributed by atoms with Gasteiger partial charge in [-0.15, -0.1) is 0 Å². The zero-order valence-corrected chi connectivity index (χ0v) is 15.5. The fourth-order valence-electron chi connectivity index (χ4n) is 2.25. The van der Waals surface area contributed by atoms with E-state index in [4.69, 9.17) is 34.8 Å². The first kappa shape index (κ1) is 17.8. The van der Waals surface area contributed by atoms with Crippen LogP contribution in [0.2, 0.25) is 15.1 Å². The van der Waals surface area contributed by atoms with E-state index in [9.17, 15) is 4.79 Å². The van der Waals surface area contributed by atoms with Crippen molar-refractivity contribution in [3.05, 3.63) is 63.0 Å². The second-order valence-electron chi connectivity index (χ2n) is 5.40. The van der Waals surface area contributed by atoms with Gasteiger partial charge in [-0.3, -0.25) is 14.2 Å². The Kier molecular flexibility index (Phi) is 5.32. The fourth-order valence-corrected chi connectivity index (χ4v) is 2.79. The first-order chi connectivity index (χ1) is 11.9. The van der Waals surface area contributed by atoms with Gasteiger partial charge in [0.15, 0.2) is 5.82 Å². The summed E-state index contributed by atoms with van der Waals surface area (Å²) in [6, 6.07) is 7.46. The van der Waals surface area contributed by atoms with Crippen LogP contribution in [0.5, 0.6) is 0 Å². The molecule has 1 aromatic carbocycles. The average molecular weight is 399 g/mol. The zero-order valence-electron chi connectivity index (χ0n) is 13.2. The average Bonchev–Trinajstić information content (AvgIpc) is 3.06. The molecule has 0 atom stereocenters. The molecule has 0 bridgehead atoms. The van der Waals surface area contributed by atoms with Crippen LogP contribution >= 0.6 is 34.8 Å². The number of rotatable bonds is 5. The molecule has 0 unspecified atom stereocenters. The summed E-state index contributed by atoms with van der Waals surface area (Å²) in [7, 11) is 0. The van der Waals surface area contributed by atoms with Crippen molar-refractivity contribution in [3.63, 3.8) is 0 Å². The van der Waals surface area contributed by atoms with E-state index >= 15 is 0 Å². The molecule has 1 N–H and O–H groups in total. The van der Waals surface area contributed by atoms with Gasteiger partial charge >= 0.3 is 0 Å². The summed E-state index contributed by atoms with van der Waals surface area (Å²) in [4.78, 5) is 12.2. The van der Waals surface area contributed by atoms with E-state index in [0.29, 0.717) is 27.3 Å². The Morgan fingerprint density at radius 3 is 2.60 bits per heavy atom. The third kappa shape index (κ3) is 4.15. The van der Waals surface area contributed by atoms with Crippen molar-refractivity contribution < 1.29 is 4.79 Å². The molecule has 0 saturated carbocycles. The van der Waals surface area contributed by atoms with E-state index in [2.05, 4.69) is 15.5 Å². The molecular formula is C16H14Cl3N5O. The molecule has 0 saturated heterocycles. The number of anilines is 1. The van der Waals surface area contributed by atoms with Gasteiger partial charge in [0.05, 0.1) is 23.5 Å². The second kappa shape index (κ2) is 7.47. The lowest BCUT2D eigenvalue weighted by molar-refractivity contribution is -0.117. The van der Waals surface area contributed by atoms with E-state index in [1.165, 1.54) is 10.9 Å². The van der Waals surface area contributed by atoms with Crippen molar-refractivity contribution in [2.75, 3.05) is 5.32 Å². The molecule has 1 amide bonds. The van der Waals surface area contributed by atoms with E-state index in [1.807, 2.05) is 24.3 Å². The van der Waals surface area contributed by atoms with Gasteiger partial charge in [-0.1, -0.05) is 53.0 Å². The SMILES string of the molecule is Cc1c(Cl)cnn1CC(=O)Nc1nn(Cc2ccccc2Cl)cc1Cl. The smallest absolute Gasteiger partial charge is 0.247 e. The largest absolute Gasteiger partial charge is 0.306 e. The van der Waals surface area contributed by atoms with Crippen molar-refractivity contribution >= 4 is 46.5 Å². The number of nitrogens with zero attached hydrogens (tertiary/aromatic N) is 4. The first-order valence-electron chi connectivity index (χ1n) is 7.38. The number of carbonyl (C=O) groups excluding carboxylic acids is 1. The van der Waals surface area contributed by atoms with Crippen LogP contribution in [0.4, 0.5) is 5.82 Å². The molecule has 0 aliphatic heterocycles. The Morgan fingerprint density at radius 2 is 1.92 bits per heavy atom. The summed E-state index contributed by atoms with van der Waals surface area (Å²) >= 11 is 18.2. The summed E-state index contributed by atoms with van der Waals surface area (Å²) in [5.74, 6) is -0.0117. The predicted octanol–water partition coefficient (Wildman–Crippen LogP) is 4.04. The molecule has 0 aliphatic rings. The summed E-state index contributed by atoms with van der Waals surface area (Å²) in [6.07, 6.45) is 3.13. The number of hydrogen-bond acceptors (Lipinski definition) is 3. The van der Waals surface area contributed by atoms with E-state index < -0.39 is 0 Å². The summed E-state index contributed by atoms with van der Waals surface area (Å²) < 4.78 is 3.13. The summed E-state index contributed by atoms with van der Waals surface area (Å²) in [5.41, 5.74) is 1.62. The third-order valence-corrected chi connectivity index (χ3v) is 4.62. The highest BCUT2D eigenvalue weighted by molar-refractivity contribution is 6.33. The minimum absolute atomic E-state index is 0.0201. The molecule has 2 aromatic heterocycles. The fraction of sp³-hybridized carbons (Fsp3) is 0.188. The van der Waals surface area contributed by atoms with Crippen LogP contribution < -0.4 is 5.32 Å². The van der Waals surface area contributed by atoms with Crippen LogP contribution in [0.1, 0.15) is 11.3 Å². The quantitative estimate of drug-likeness (QED) is 0.705. The van der Waals surface area contributed by atoms with Gasteiger partial charge in [-0.05, 0) is 18.6 Å². The maximum Gasteiger partial charge on any atom is 0.247 e. The van der Waals surface area contributed by atoms with Gasteiger partial charge in [0.1, 0.15) is 11.6 Å². The van der Waals surface area contributed by atoms with E-state index in [-0.39, 0.29) is 18.3 Å². The molecule has 3 aromatic rings. The van der Waals surface area contributed by atoms with Crippen LogP contribution in [0.25, 0.3) is 0 Å². The molecule has 0 spiro atoms. The molecule has 0 fully saturated rings. The van der Waals surface area contributed by atoms with Crippen molar-refractivity contribution in [1.82, 2.24) is 19.6 Å². The number of nitrogens with one attached hydrogen (secondary N) is 1. The molecule has 2 heterocycles. The summed E-state index contributed by atoms with van der Waals surface area (Å²) in [6.45, 7) is 2.25. The van der Waals surface area contributed by atoms with Crippen LogP contribution in [-0.2, 0) is 17.9 Å². The number of amides is 1. The minimum Gasteiger partial charge on any atom is -0.306 e. The Morgan fingerprint density at radius 1 is 1.16 bits per heavy atom. The predicted molar refractivity (Wildman–Crippen MR) is 98.4 cm³/mol. The Hall–Kier alpha value is -2.02. The maximum atomic E-state index is 12.2. The van der Waals surface area contributed by atoms with Crippen molar-refractivity contribution in [1.29, 1.82) is 0 Å². The van der Waals surface area contributed by atoms with Crippen molar-refractivity contribution in [2.45, 2.75) is 20.0 Å². The Balaban J connectivity index is 1.69. The lowest BCUT2D eigenvalue weighted by Gasteiger charge is -2.06. The Labute approximate surface area is 159 Å². The van der Waals surface area contributed by atoms with E-state index in [1.54, 1.807) is 17.8 Å². The molecule has 0 aliphatic carbocycles. The van der Waals surface area contributed by atoms with Crippen molar-refractivity contribution in [2.24, 2.45) is 0 Å². The third-order valence-electron chi connectivity index (χ3n) is 3.60. The summed E-state index contributed by atoms with van der Waals surface area (Å²) in [5, 5.41) is 12.5. The second-order valence-corrected chi connectivity index (χ2v) is 6.62.